The molecule has 0 unspecified atom stereocenters. The molecule has 0 aliphatic carbocycles. The molecule has 2 aliphatic rings. The van der Waals surface area contributed by atoms with Crippen molar-refractivity contribution in [2.24, 2.45) is 5.92 Å². The number of likely N-dealkylation sites (tertiary alicyclic amines) is 2. The maximum absolute atomic E-state index is 12.7. The van der Waals surface area contributed by atoms with Crippen LogP contribution in [0.15, 0.2) is 60.7 Å². The molecule has 0 aromatic heterocycles. The predicted molar refractivity (Wildman–Crippen MR) is 121 cm³/mol. The van der Waals surface area contributed by atoms with E-state index in [1.807, 2.05) is 18.2 Å². The SMILES string of the molecule is COc1ccc(CCN2C(=O)CC[C@@H]3CN(C/C=C/c4ccccc4)CC[C@@H]32)cc1. The minimum absolute atomic E-state index is 0.335. The Kier molecular flexibility index (Phi) is 6.85. The number of nitrogens with zero attached hydrogens (tertiary/aromatic N) is 2. The number of hydrogen-bond donors (Lipinski definition) is 0. The molecular weight excluding hydrogens is 372 g/mol. The van der Waals surface area contributed by atoms with Crippen LogP contribution < -0.4 is 4.74 Å². The van der Waals surface area contributed by atoms with Crippen molar-refractivity contribution in [3.05, 3.63) is 71.8 Å². The smallest absolute Gasteiger partial charge is 0.222 e. The molecule has 2 heterocycles. The molecule has 2 aliphatic heterocycles. The molecule has 2 aromatic carbocycles. The average Bonchev–Trinajstić information content (AvgIpc) is 2.79. The van der Waals surface area contributed by atoms with E-state index < -0.39 is 0 Å². The Balaban J connectivity index is 1.31. The minimum Gasteiger partial charge on any atom is -0.497 e. The van der Waals surface area contributed by atoms with Gasteiger partial charge in [-0.05, 0) is 48.4 Å². The van der Waals surface area contributed by atoms with Crippen LogP contribution in [0.3, 0.4) is 0 Å². The van der Waals surface area contributed by atoms with Crippen molar-refractivity contribution in [2.75, 3.05) is 33.3 Å². The summed E-state index contributed by atoms with van der Waals surface area (Å²) in [6, 6.07) is 19.1. The van der Waals surface area contributed by atoms with Gasteiger partial charge in [-0.15, -0.1) is 0 Å². The second-order valence-corrected chi connectivity index (χ2v) is 8.41. The lowest BCUT2D eigenvalue weighted by Gasteiger charge is -2.47. The number of ether oxygens (including phenoxy) is 1. The van der Waals surface area contributed by atoms with E-state index in [4.69, 9.17) is 4.74 Å². The minimum atomic E-state index is 0.335. The van der Waals surface area contributed by atoms with E-state index in [-0.39, 0.29) is 0 Å². The molecule has 2 atom stereocenters. The first-order chi connectivity index (χ1) is 14.7. The molecule has 2 aromatic rings. The molecule has 4 rings (SSSR count). The normalized spacial score (nSPS) is 22.3. The van der Waals surface area contributed by atoms with Crippen LogP contribution in [0, 0.1) is 5.92 Å². The van der Waals surface area contributed by atoms with Gasteiger partial charge >= 0.3 is 0 Å². The first kappa shape index (κ1) is 20.7. The van der Waals surface area contributed by atoms with Crippen molar-refractivity contribution in [1.82, 2.24) is 9.80 Å². The van der Waals surface area contributed by atoms with Gasteiger partial charge in [0.2, 0.25) is 5.91 Å². The molecule has 1 amide bonds. The van der Waals surface area contributed by atoms with Gasteiger partial charge < -0.3 is 9.64 Å². The first-order valence-corrected chi connectivity index (χ1v) is 11.1. The molecule has 0 N–H and O–H groups in total. The van der Waals surface area contributed by atoms with E-state index in [1.54, 1.807) is 7.11 Å². The first-order valence-electron chi connectivity index (χ1n) is 11.1. The number of amides is 1. The van der Waals surface area contributed by atoms with Crippen molar-refractivity contribution in [2.45, 2.75) is 31.7 Å². The third kappa shape index (κ3) is 5.11. The summed E-state index contributed by atoms with van der Waals surface area (Å²) < 4.78 is 5.24. The van der Waals surface area contributed by atoms with Crippen LogP contribution in [0.2, 0.25) is 0 Å². The van der Waals surface area contributed by atoms with E-state index in [9.17, 15) is 4.79 Å². The Hall–Kier alpha value is -2.59. The van der Waals surface area contributed by atoms with Crippen LogP contribution in [-0.2, 0) is 11.2 Å². The monoisotopic (exact) mass is 404 g/mol. The van der Waals surface area contributed by atoms with Crippen molar-refractivity contribution in [1.29, 1.82) is 0 Å². The Morgan fingerprint density at radius 3 is 2.63 bits per heavy atom. The zero-order chi connectivity index (χ0) is 20.8. The summed E-state index contributed by atoms with van der Waals surface area (Å²) >= 11 is 0. The van der Waals surface area contributed by atoms with Gasteiger partial charge in [-0.25, -0.2) is 0 Å². The maximum Gasteiger partial charge on any atom is 0.222 e. The summed E-state index contributed by atoms with van der Waals surface area (Å²) in [6.07, 6.45) is 8.18. The summed E-state index contributed by atoms with van der Waals surface area (Å²) in [5, 5.41) is 0. The van der Waals surface area contributed by atoms with Gasteiger partial charge in [0.25, 0.3) is 0 Å². The summed E-state index contributed by atoms with van der Waals surface area (Å²) in [5.74, 6) is 1.81. The lowest BCUT2D eigenvalue weighted by molar-refractivity contribution is -0.140. The highest BCUT2D eigenvalue weighted by Gasteiger charge is 2.38. The Bertz CT molecular complexity index is 847. The number of piperidine rings is 2. The number of methoxy groups -OCH3 is 1. The lowest BCUT2D eigenvalue weighted by Crippen LogP contribution is -2.56. The fourth-order valence-corrected chi connectivity index (χ4v) is 4.83. The summed E-state index contributed by atoms with van der Waals surface area (Å²) in [6.45, 7) is 3.96. The van der Waals surface area contributed by atoms with Crippen LogP contribution in [0.4, 0.5) is 0 Å². The standard InChI is InChI=1S/C26H32N2O2/c1-30-24-12-9-22(10-13-24)15-19-28-25-16-18-27(20-23(25)11-14-26(28)29)17-5-8-21-6-3-2-4-7-21/h2-10,12-13,23,25H,11,14-20H2,1H3/b8-5+/t23-,25+/m1/s1. The van der Waals surface area contributed by atoms with Gasteiger partial charge in [0.15, 0.2) is 0 Å². The van der Waals surface area contributed by atoms with Crippen LogP contribution in [0.25, 0.3) is 6.08 Å². The Morgan fingerprint density at radius 1 is 1.07 bits per heavy atom. The zero-order valence-electron chi connectivity index (χ0n) is 17.9. The van der Waals surface area contributed by atoms with E-state index in [1.165, 1.54) is 11.1 Å². The van der Waals surface area contributed by atoms with Gasteiger partial charge in [0.1, 0.15) is 5.75 Å². The summed E-state index contributed by atoms with van der Waals surface area (Å²) in [5.41, 5.74) is 2.51. The van der Waals surface area contributed by atoms with Gasteiger partial charge in [0, 0.05) is 38.6 Å². The van der Waals surface area contributed by atoms with Crippen molar-refractivity contribution < 1.29 is 9.53 Å². The molecule has 0 radical (unpaired) electrons. The number of fused-ring (bicyclic) bond motifs is 1. The van der Waals surface area contributed by atoms with Crippen LogP contribution in [0.5, 0.6) is 5.75 Å². The van der Waals surface area contributed by atoms with E-state index in [0.717, 1.165) is 51.2 Å². The van der Waals surface area contributed by atoms with Gasteiger partial charge in [0.05, 0.1) is 7.11 Å². The Labute approximate surface area is 180 Å². The fraction of sp³-hybridized carbons (Fsp3) is 0.423. The topological polar surface area (TPSA) is 32.8 Å². The van der Waals surface area contributed by atoms with Crippen LogP contribution in [-0.4, -0.2) is 55.0 Å². The maximum atomic E-state index is 12.7. The molecule has 0 spiro atoms. The predicted octanol–water partition coefficient (Wildman–Crippen LogP) is 4.26. The van der Waals surface area contributed by atoms with Crippen molar-refractivity contribution in [3.8, 4) is 5.75 Å². The zero-order valence-corrected chi connectivity index (χ0v) is 17.9. The number of benzene rings is 2. The average molecular weight is 405 g/mol. The molecular formula is C26H32N2O2. The quantitative estimate of drug-likeness (QED) is 0.691. The molecule has 4 nitrogen and oxygen atoms in total. The number of hydrogen-bond acceptors (Lipinski definition) is 3. The fourth-order valence-electron chi connectivity index (χ4n) is 4.83. The van der Waals surface area contributed by atoms with Gasteiger partial charge in [-0.3, -0.25) is 9.69 Å². The van der Waals surface area contributed by atoms with Crippen molar-refractivity contribution in [3.63, 3.8) is 0 Å². The third-order valence-electron chi connectivity index (χ3n) is 6.50. The largest absolute Gasteiger partial charge is 0.497 e. The molecule has 2 saturated heterocycles. The molecule has 4 heteroatoms. The van der Waals surface area contributed by atoms with E-state index in [0.29, 0.717) is 24.3 Å². The summed E-state index contributed by atoms with van der Waals surface area (Å²) in [7, 11) is 1.69. The highest BCUT2D eigenvalue weighted by atomic mass is 16.5. The van der Waals surface area contributed by atoms with E-state index in [2.05, 4.69) is 58.4 Å². The molecule has 0 bridgehead atoms. The summed E-state index contributed by atoms with van der Waals surface area (Å²) in [4.78, 5) is 17.4. The lowest BCUT2D eigenvalue weighted by atomic mass is 9.83. The Morgan fingerprint density at radius 2 is 1.87 bits per heavy atom. The highest BCUT2D eigenvalue weighted by Crippen LogP contribution is 2.31. The molecule has 158 valence electrons. The number of rotatable bonds is 7. The van der Waals surface area contributed by atoms with Crippen LogP contribution >= 0.6 is 0 Å². The van der Waals surface area contributed by atoms with E-state index >= 15 is 0 Å². The third-order valence-corrected chi connectivity index (χ3v) is 6.50. The van der Waals surface area contributed by atoms with Gasteiger partial charge in [-0.2, -0.15) is 0 Å². The molecule has 30 heavy (non-hydrogen) atoms. The number of carbonyl (C=O) groups is 1. The van der Waals surface area contributed by atoms with Crippen LogP contribution in [0.1, 0.15) is 30.4 Å². The highest BCUT2D eigenvalue weighted by molar-refractivity contribution is 5.77. The molecule has 2 fully saturated rings. The molecule has 0 saturated carbocycles. The van der Waals surface area contributed by atoms with Gasteiger partial charge in [-0.1, -0.05) is 54.6 Å². The van der Waals surface area contributed by atoms with Crippen molar-refractivity contribution >= 4 is 12.0 Å². The number of carbonyl (C=O) groups excluding carboxylic acids is 1. The second-order valence-electron chi connectivity index (χ2n) is 8.41. The second kappa shape index (κ2) is 9.94.